The molecule has 0 aliphatic carbocycles. The highest BCUT2D eigenvalue weighted by molar-refractivity contribution is 5.37. The molecule has 1 unspecified atom stereocenters. The topological polar surface area (TPSA) is 19.4 Å². The number of hydrogen-bond donors (Lipinski definition) is 0. The van der Waals surface area contributed by atoms with Crippen molar-refractivity contribution in [2.24, 2.45) is 0 Å². The number of rotatable bonds is 4. The van der Waals surface area contributed by atoms with Crippen molar-refractivity contribution >= 4 is 5.82 Å². The maximum absolute atomic E-state index is 13.0. The van der Waals surface area contributed by atoms with E-state index in [0.717, 1.165) is 13.1 Å². The van der Waals surface area contributed by atoms with Gasteiger partial charge in [-0.3, -0.25) is 4.90 Å². The number of halogens is 1. The van der Waals surface area contributed by atoms with E-state index in [1.165, 1.54) is 25.5 Å². The third-order valence-electron chi connectivity index (χ3n) is 3.48. The van der Waals surface area contributed by atoms with Crippen molar-refractivity contribution in [3.63, 3.8) is 0 Å². The van der Waals surface area contributed by atoms with Crippen molar-refractivity contribution in [3.8, 4) is 0 Å². The lowest BCUT2D eigenvalue weighted by atomic mass is 10.2. The minimum Gasteiger partial charge on any atom is -0.358 e. The summed E-state index contributed by atoms with van der Waals surface area (Å²) >= 11 is 0. The first-order chi connectivity index (χ1) is 8.20. The van der Waals surface area contributed by atoms with E-state index in [9.17, 15) is 4.39 Å². The van der Waals surface area contributed by atoms with Crippen molar-refractivity contribution in [1.29, 1.82) is 0 Å². The maximum atomic E-state index is 13.0. The van der Waals surface area contributed by atoms with Gasteiger partial charge < -0.3 is 4.90 Å². The molecule has 0 bridgehead atoms. The normalized spacial score (nSPS) is 20.8. The molecule has 94 valence electrons. The predicted molar refractivity (Wildman–Crippen MR) is 67.7 cm³/mol. The van der Waals surface area contributed by atoms with Crippen LogP contribution in [0.2, 0.25) is 0 Å². The average Bonchev–Trinajstić information content (AvgIpc) is 2.76. The van der Waals surface area contributed by atoms with Crippen LogP contribution in [-0.4, -0.2) is 42.6 Å². The van der Waals surface area contributed by atoms with E-state index < -0.39 is 5.95 Å². The Kier molecular flexibility index (Phi) is 3.94. The smallest absolute Gasteiger partial charge is 0.214 e. The quantitative estimate of drug-likeness (QED) is 0.748. The Morgan fingerprint density at radius 3 is 3.06 bits per heavy atom. The summed E-state index contributed by atoms with van der Waals surface area (Å²) in [7, 11) is 1.98. The van der Waals surface area contributed by atoms with E-state index in [1.807, 2.05) is 18.0 Å². The first kappa shape index (κ1) is 12.3. The fourth-order valence-electron chi connectivity index (χ4n) is 2.54. The second kappa shape index (κ2) is 5.45. The van der Waals surface area contributed by atoms with Crippen LogP contribution in [0.4, 0.5) is 10.2 Å². The van der Waals surface area contributed by atoms with Gasteiger partial charge in [-0.15, -0.1) is 0 Å². The first-order valence-electron chi connectivity index (χ1n) is 6.28. The van der Waals surface area contributed by atoms with E-state index in [4.69, 9.17) is 0 Å². The molecule has 0 aromatic carbocycles. The van der Waals surface area contributed by atoms with Gasteiger partial charge in [0.15, 0.2) is 0 Å². The Bertz CT molecular complexity index is 369. The molecular weight excluding hydrogens is 217 g/mol. The fourth-order valence-corrected chi connectivity index (χ4v) is 2.54. The molecule has 1 aliphatic heterocycles. The van der Waals surface area contributed by atoms with Gasteiger partial charge in [-0.2, -0.15) is 4.39 Å². The van der Waals surface area contributed by atoms with Crippen molar-refractivity contribution in [1.82, 2.24) is 9.88 Å². The monoisotopic (exact) mass is 237 g/mol. The molecule has 0 amide bonds. The summed E-state index contributed by atoms with van der Waals surface area (Å²) in [6.07, 6.45) is 2.50. The minimum absolute atomic E-state index is 0.409. The fraction of sp³-hybridized carbons (Fsp3) is 0.615. The number of hydrogen-bond acceptors (Lipinski definition) is 3. The highest BCUT2D eigenvalue weighted by atomic mass is 19.1. The summed E-state index contributed by atoms with van der Waals surface area (Å²) in [6.45, 7) is 5.39. The van der Waals surface area contributed by atoms with Gasteiger partial charge in [0.25, 0.3) is 0 Å². The van der Waals surface area contributed by atoms with Crippen LogP contribution in [0.25, 0.3) is 0 Å². The highest BCUT2D eigenvalue weighted by Gasteiger charge is 2.24. The van der Waals surface area contributed by atoms with Crippen molar-refractivity contribution < 1.29 is 4.39 Å². The number of likely N-dealkylation sites (N-methyl/N-ethyl adjacent to an activating group) is 2. The molecule has 1 fully saturated rings. The first-order valence-corrected chi connectivity index (χ1v) is 6.28. The largest absolute Gasteiger partial charge is 0.358 e. The summed E-state index contributed by atoms with van der Waals surface area (Å²) < 4.78 is 13.0. The molecule has 1 atom stereocenters. The van der Waals surface area contributed by atoms with Gasteiger partial charge in [-0.25, -0.2) is 4.98 Å². The summed E-state index contributed by atoms with van der Waals surface area (Å²) in [5.74, 6) is 0.307. The summed E-state index contributed by atoms with van der Waals surface area (Å²) in [4.78, 5) is 8.43. The Labute approximate surface area is 102 Å². The van der Waals surface area contributed by atoms with Crippen LogP contribution in [0.15, 0.2) is 18.2 Å². The Morgan fingerprint density at radius 2 is 2.35 bits per heavy atom. The van der Waals surface area contributed by atoms with Crippen LogP contribution in [-0.2, 0) is 0 Å². The standard InChI is InChI=1S/C13H20FN3/c1-3-17-9-5-6-11(17)10-16(2)13-8-4-7-12(14)15-13/h4,7-8,11H,3,5-6,9-10H2,1-2H3. The number of pyridine rings is 1. The maximum Gasteiger partial charge on any atom is 0.214 e. The van der Waals surface area contributed by atoms with Gasteiger partial charge in [-0.05, 0) is 38.1 Å². The molecule has 0 saturated carbocycles. The van der Waals surface area contributed by atoms with Gasteiger partial charge >= 0.3 is 0 Å². The third kappa shape index (κ3) is 2.94. The lowest BCUT2D eigenvalue weighted by Gasteiger charge is -2.28. The zero-order chi connectivity index (χ0) is 12.3. The molecule has 0 N–H and O–H groups in total. The highest BCUT2D eigenvalue weighted by Crippen LogP contribution is 2.19. The van der Waals surface area contributed by atoms with Gasteiger partial charge in [0.05, 0.1) is 0 Å². The minimum atomic E-state index is -0.409. The molecule has 17 heavy (non-hydrogen) atoms. The molecule has 3 nitrogen and oxygen atoms in total. The van der Waals surface area contributed by atoms with Gasteiger partial charge in [-0.1, -0.05) is 13.0 Å². The third-order valence-corrected chi connectivity index (χ3v) is 3.48. The summed E-state index contributed by atoms with van der Waals surface area (Å²) in [5, 5.41) is 0. The molecule has 2 heterocycles. The second-order valence-electron chi connectivity index (χ2n) is 4.62. The number of nitrogens with zero attached hydrogens (tertiary/aromatic N) is 3. The van der Waals surface area contributed by atoms with E-state index in [0.29, 0.717) is 11.9 Å². The molecule has 1 saturated heterocycles. The summed E-state index contributed by atoms with van der Waals surface area (Å²) in [5.41, 5.74) is 0. The van der Waals surface area contributed by atoms with Gasteiger partial charge in [0, 0.05) is 19.6 Å². The van der Waals surface area contributed by atoms with Crippen LogP contribution in [0, 0.1) is 5.95 Å². The summed E-state index contributed by atoms with van der Waals surface area (Å²) in [6, 6.07) is 5.52. The molecule has 1 aromatic heterocycles. The van der Waals surface area contributed by atoms with Crippen LogP contribution >= 0.6 is 0 Å². The predicted octanol–water partition coefficient (Wildman–Crippen LogP) is 2.14. The zero-order valence-electron chi connectivity index (χ0n) is 10.6. The molecule has 4 heteroatoms. The Balaban J connectivity index is 1.99. The molecule has 0 radical (unpaired) electrons. The van der Waals surface area contributed by atoms with Crippen molar-refractivity contribution in [3.05, 3.63) is 24.1 Å². The van der Waals surface area contributed by atoms with E-state index in [2.05, 4.69) is 16.8 Å². The van der Waals surface area contributed by atoms with Crippen molar-refractivity contribution in [2.45, 2.75) is 25.8 Å². The molecule has 2 rings (SSSR count). The zero-order valence-corrected chi connectivity index (χ0v) is 10.6. The van der Waals surface area contributed by atoms with Crippen LogP contribution in [0.5, 0.6) is 0 Å². The Hall–Kier alpha value is -1.16. The number of likely N-dealkylation sites (tertiary alicyclic amines) is 1. The van der Waals surface area contributed by atoms with Gasteiger partial charge in [0.1, 0.15) is 5.82 Å². The number of anilines is 1. The van der Waals surface area contributed by atoms with Crippen LogP contribution < -0.4 is 4.90 Å². The van der Waals surface area contributed by atoms with E-state index in [1.54, 1.807) is 6.07 Å². The van der Waals surface area contributed by atoms with E-state index >= 15 is 0 Å². The molecule has 0 spiro atoms. The van der Waals surface area contributed by atoms with Gasteiger partial charge in [0.2, 0.25) is 5.95 Å². The lowest BCUT2D eigenvalue weighted by Crippen LogP contribution is -2.39. The number of aromatic nitrogens is 1. The van der Waals surface area contributed by atoms with E-state index in [-0.39, 0.29) is 0 Å². The molecule has 1 aliphatic rings. The molecule has 1 aromatic rings. The SMILES string of the molecule is CCN1CCCC1CN(C)c1cccc(F)n1. The molecular formula is C13H20FN3. The van der Waals surface area contributed by atoms with Crippen LogP contribution in [0.1, 0.15) is 19.8 Å². The van der Waals surface area contributed by atoms with Crippen LogP contribution in [0.3, 0.4) is 0 Å². The lowest BCUT2D eigenvalue weighted by molar-refractivity contribution is 0.270. The Morgan fingerprint density at radius 1 is 1.53 bits per heavy atom. The van der Waals surface area contributed by atoms with Crippen molar-refractivity contribution in [2.75, 3.05) is 31.6 Å². The average molecular weight is 237 g/mol. The second-order valence-corrected chi connectivity index (χ2v) is 4.62.